The van der Waals surface area contributed by atoms with Crippen molar-refractivity contribution in [3.8, 4) is 5.69 Å². The molecule has 8 heteroatoms. The summed E-state index contributed by atoms with van der Waals surface area (Å²) in [6.07, 6.45) is 3.63. The van der Waals surface area contributed by atoms with E-state index in [2.05, 4.69) is 27.1 Å². The Hall–Kier alpha value is -3.39. The van der Waals surface area contributed by atoms with Crippen LogP contribution in [0.25, 0.3) is 5.69 Å². The van der Waals surface area contributed by atoms with Crippen molar-refractivity contribution in [2.24, 2.45) is 0 Å². The third-order valence-corrected chi connectivity index (χ3v) is 6.58. The predicted molar refractivity (Wildman–Crippen MR) is 139 cm³/mol. The standard InChI is InChI=1S/C27H36N6O2/c1-4-5-15-28-26(34)25(22-9-7-6-8-10-22)31-18-16-30(17-19-31)23-11-13-24(14-12-23)33-27(35)32(20-29-33)21(2)3/h6-14,20-21,25H,4-5,15-19H2,1-3H3,(H,28,34). The van der Waals surface area contributed by atoms with E-state index >= 15 is 0 Å². The van der Waals surface area contributed by atoms with E-state index in [9.17, 15) is 9.59 Å². The van der Waals surface area contributed by atoms with Gasteiger partial charge in [-0.3, -0.25) is 14.3 Å². The molecule has 35 heavy (non-hydrogen) atoms. The zero-order valence-corrected chi connectivity index (χ0v) is 20.9. The van der Waals surface area contributed by atoms with Gasteiger partial charge in [0, 0.05) is 44.5 Å². The molecule has 186 valence electrons. The predicted octanol–water partition coefficient (Wildman–Crippen LogP) is 3.39. The molecule has 1 aliphatic heterocycles. The van der Waals surface area contributed by atoms with Crippen molar-refractivity contribution in [1.29, 1.82) is 0 Å². The fourth-order valence-electron chi connectivity index (χ4n) is 4.54. The number of carbonyl (C=O) groups excluding carboxylic acids is 1. The van der Waals surface area contributed by atoms with Crippen molar-refractivity contribution in [2.75, 3.05) is 37.6 Å². The van der Waals surface area contributed by atoms with Gasteiger partial charge in [0.1, 0.15) is 12.4 Å². The normalized spacial score (nSPS) is 15.4. The van der Waals surface area contributed by atoms with Crippen molar-refractivity contribution in [2.45, 2.75) is 45.7 Å². The number of benzene rings is 2. The summed E-state index contributed by atoms with van der Waals surface area (Å²) in [5, 5.41) is 7.39. The molecule has 1 unspecified atom stereocenters. The second kappa shape index (κ2) is 11.4. The molecule has 1 N–H and O–H groups in total. The number of hydrogen-bond acceptors (Lipinski definition) is 5. The molecule has 1 fully saturated rings. The SMILES string of the molecule is CCCCNC(=O)C(c1ccccc1)N1CCN(c2ccc(-n3ncn(C(C)C)c3=O)cc2)CC1. The first-order valence-electron chi connectivity index (χ1n) is 12.6. The number of hydrogen-bond donors (Lipinski definition) is 1. The number of amides is 1. The highest BCUT2D eigenvalue weighted by atomic mass is 16.2. The summed E-state index contributed by atoms with van der Waals surface area (Å²) < 4.78 is 3.05. The molecule has 3 aromatic rings. The monoisotopic (exact) mass is 476 g/mol. The molecule has 4 rings (SSSR count). The number of nitrogens with one attached hydrogen (secondary N) is 1. The molecule has 2 heterocycles. The summed E-state index contributed by atoms with van der Waals surface area (Å²) in [5.41, 5.74) is 2.76. The van der Waals surface area contributed by atoms with E-state index in [4.69, 9.17) is 0 Å². The molecular formula is C27H36N6O2. The van der Waals surface area contributed by atoms with Crippen LogP contribution >= 0.6 is 0 Å². The minimum atomic E-state index is -0.277. The average Bonchev–Trinajstić information content (AvgIpc) is 3.27. The van der Waals surface area contributed by atoms with Gasteiger partial charge in [0.05, 0.1) is 5.69 Å². The first-order valence-corrected chi connectivity index (χ1v) is 12.6. The van der Waals surface area contributed by atoms with Crippen LogP contribution in [0, 0.1) is 0 Å². The number of carbonyl (C=O) groups is 1. The molecule has 0 spiro atoms. The molecule has 1 amide bonds. The van der Waals surface area contributed by atoms with Crippen LogP contribution in [0.3, 0.4) is 0 Å². The fourth-order valence-corrected chi connectivity index (χ4v) is 4.54. The van der Waals surface area contributed by atoms with Gasteiger partial charge in [-0.25, -0.2) is 4.79 Å². The molecule has 0 aliphatic carbocycles. The summed E-state index contributed by atoms with van der Waals surface area (Å²) in [5.74, 6) is 0.0775. The maximum Gasteiger partial charge on any atom is 0.350 e. The fraction of sp³-hybridized carbons (Fsp3) is 0.444. The molecule has 2 aromatic carbocycles. The summed E-state index contributed by atoms with van der Waals surface area (Å²) >= 11 is 0. The van der Waals surface area contributed by atoms with Gasteiger partial charge < -0.3 is 10.2 Å². The van der Waals surface area contributed by atoms with Gasteiger partial charge in [-0.05, 0) is 50.1 Å². The Kier molecular flexibility index (Phi) is 8.02. The van der Waals surface area contributed by atoms with E-state index in [0.717, 1.165) is 56.0 Å². The molecular weight excluding hydrogens is 440 g/mol. The van der Waals surface area contributed by atoms with Gasteiger partial charge in [0.2, 0.25) is 5.91 Å². The van der Waals surface area contributed by atoms with E-state index in [-0.39, 0.29) is 23.7 Å². The lowest BCUT2D eigenvalue weighted by molar-refractivity contribution is -0.126. The Morgan fingerprint density at radius 2 is 1.63 bits per heavy atom. The van der Waals surface area contributed by atoms with Gasteiger partial charge in [0.15, 0.2) is 0 Å². The molecule has 1 aliphatic rings. The quantitative estimate of drug-likeness (QED) is 0.479. The second-order valence-corrected chi connectivity index (χ2v) is 9.32. The molecule has 0 saturated carbocycles. The Labute approximate surface area is 207 Å². The van der Waals surface area contributed by atoms with Gasteiger partial charge >= 0.3 is 5.69 Å². The number of unbranched alkanes of at least 4 members (excludes halogenated alkanes) is 1. The van der Waals surface area contributed by atoms with Gasteiger partial charge in [-0.1, -0.05) is 43.7 Å². The van der Waals surface area contributed by atoms with Crippen LogP contribution in [0.2, 0.25) is 0 Å². The number of aromatic nitrogens is 3. The molecule has 1 aromatic heterocycles. The molecule has 1 atom stereocenters. The number of rotatable bonds is 9. The lowest BCUT2D eigenvalue weighted by Crippen LogP contribution is -2.51. The number of piperazine rings is 1. The van der Waals surface area contributed by atoms with E-state index in [0.29, 0.717) is 6.54 Å². The Morgan fingerprint density at radius 3 is 2.23 bits per heavy atom. The van der Waals surface area contributed by atoms with Crippen LogP contribution in [0.1, 0.15) is 51.3 Å². The van der Waals surface area contributed by atoms with Crippen LogP contribution in [-0.2, 0) is 4.79 Å². The molecule has 8 nitrogen and oxygen atoms in total. The highest BCUT2D eigenvalue weighted by molar-refractivity contribution is 5.83. The van der Waals surface area contributed by atoms with Crippen molar-refractivity contribution in [1.82, 2.24) is 24.6 Å². The van der Waals surface area contributed by atoms with Crippen LogP contribution in [0.5, 0.6) is 0 Å². The Morgan fingerprint density at radius 1 is 0.971 bits per heavy atom. The van der Waals surface area contributed by atoms with Gasteiger partial charge in [-0.2, -0.15) is 9.78 Å². The zero-order valence-electron chi connectivity index (χ0n) is 20.9. The third-order valence-electron chi connectivity index (χ3n) is 6.58. The van der Waals surface area contributed by atoms with E-state index in [1.807, 2.05) is 68.4 Å². The van der Waals surface area contributed by atoms with Gasteiger partial charge in [-0.15, -0.1) is 0 Å². The van der Waals surface area contributed by atoms with Crippen LogP contribution < -0.4 is 15.9 Å². The first kappa shape index (κ1) is 24.7. The average molecular weight is 477 g/mol. The second-order valence-electron chi connectivity index (χ2n) is 9.32. The van der Waals surface area contributed by atoms with Crippen LogP contribution in [-0.4, -0.2) is 57.9 Å². The van der Waals surface area contributed by atoms with Crippen molar-refractivity contribution in [3.63, 3.8) is 0 Å². The lowest BCUT2D eigenvalue weighted by atomic mass is 10.0. The molecule has 0 radical (unpaired) electrons. The van der Waals surface area contributed by atoms with Crippen molar-refractivity contribution < 1.29 is 4.79 Å². The Bertz CT molecular complexity index is 1140. The highest BCUT2D eigenvalue weighted by Crippen LogP contribution is 2.25. The number of anilines is 1. The lowest BCUT2D eigenvalue weighted by Gasteiger charge is -2.39. The Balaban J connectivity index is 1.43. The largest absolute Gasteiger partial charge is 0.369 e. The first-order chi connectivity index (χ1) is 17.0. The maximum atomic E-state index is 13.1. The van der Waals surface area contributed by atoms with E-state index in [1.54, 1.807) is 10.9 Å². The van der Waals surface area contributed by atoms with Crippen LogP contribution in [0.15, 0.2) is 65.7 Å². The van der Waals surface area contributed by atoms with Gasteiger partial charge in [0.25, 0.3) is 0 Å². The van der Waals surface area contributed by atoms with E-state index < -0.39 is 0 Å². The summed E-state index contributed by atoms with van der Waals surface area (Å²) in [6.45, 7) is 10.0. The molecule has 0 bridgehead atoms. The highest BCUT2D eigenvalue weighted by Gasteiger charge is 2.30. The topological polar surface area (TPSA) is 75.4 Å². The smallest absolute Gasteiger partial charge is 0.350 e. The minimum absolute atomic E-state index is 0.0697. The molecule has 1 saturated heterocycles. The minimum Gasteiger partial charge on any atom is -0.369 e. The summed E-state index contributed by atoms with van der Waals surface area (Å²) in [6, 6.07) is 17.8. The van der Waals surface area contributed by atoms with E-state index in [1.165, 1.54) is 4.68 Å². The number of nitrogens with zero attached hydrogens (tertiary/aromatic N) is 5. The van der Waals surface area contributed by atoms with Crippen molar-refractivity contribution >= 4 is 11.6 Å². The zero-order chi connectivity index (χ0) is 24.8. The third kappa shape index (κ3) is 5.65. The maximum absolute atomic E-state index is 13.1. The van der Waals surface area contributed by atoms with Crippen LogP contribution in [0.4, 0.5) is 5.69 Å². The summed E-state index contributed by atoms with van der Waals surface area (Å²) in [7, 11) is 0. The van der Waals surface area contributed by atoms with Crippen molar-refractivity contribution in [3.05, 3.63) is 77.0 Å². The summed E-state index contributed by atoms with van der Waals surface area (Å²) in [4.78, 5) is 30.3.